The van der Waals surface area contributed by atoms with Crippen LogP contribution in [0.15, 0.2) is 0 Å². The molecule has 0 bridgehead atoms. The first-order chi connectivity index (χ1) is 15.8. The summed E-state index contributed by atoms with van der Waals surface area (Å²) in [6.45, 7) is 5.86. The fraction of sp³-hybridized carbons (Fsp3) is 1.00. The predicted molar refractivity (Wildman–Crippen MR) is 140 cm³/mol. The highest BCUT2D eigenvalue weighted by molar-refractivity contribution is 4.60. The Bertz CT molecular complexity index is 328. The number of hydrogen-bond acceptors (Lipinski definition) is 4. The van der Waals surface area contributed by atoms with Crippen LogP contribution in [-0.4, -0.2) is 63.7 Å². The summed E-state index contributed by atoms with van der Waals surface area (Å²) in [5.41, 5.74) is 0. The number of aliphatic hydroxyl groups excluding tert-OH is 1. The van der Waals surface area contributed by atoms with Gasteiger partial charge in [-0.25, -0.2) is 0 Å². The summed E-state index contributed by atoms with van der Waals surface area (Å²) in [7, 11) is 3.59. The third kappa shape index (κ3) is 26.1. The van der Waals surface area contributed by atoms with E-state index in [1.165, 1.54) is 135 Å². The first-order valence-corrected chi connectivity index (χ1v) is 14.2. The Morgan fingerprint density at radius 2 is 0.688 bits per heavy atom. The summed E-state index contributed by atoms with van der Waals surface area (Å²) in [6, 6.07) is 0. The Balaban J connectivity index is 3.59. The number of nitrogens with zero attached hydrogens (tertiary/aromatic N) is 1. The summed E-state index contributed by atoms with van der Waals surface area (Å²) in [6.07, 6.45) is 26.6. The van der Waals surface area contributed by atoms with E-state index in [-0.39, 0.29) is 0 Å². The maximum Gasteiger partial charge on any atom is 0.0462 e. The lowest BCUT2D eigenvalue weighted by Gasteiger charge is -2.22. The molecule has 0 aliphatic carbocycles. The molecule has 4 nitrogen and oxygen atoms in total. The van der Waals surface area contributed by atoms with Gasteiger partial charge >= 0.3 is 0 Å². The van der Waals surface area contributed by atoms with Crippen molar-refractivity contribution in [1.29, 1.82) is 0 Å². The van der Waals surface area contributed by atoms with Crippen molar-refractivity contribution in [3.05, 3.63) is 0 Å². The summed E-state index contributed by atoms with van der Waals surface area (Å²) in [5.74, 6) is 0. The molecule has 0 aliphatic heterocycles. The molecule has 0 fully saturated rings. The van der Waals surface area contributed by atoms with Crippen LogP contribution >= 0.6 is 0 Å². The van der Waals surface area contributed by atoms with E-state index in [0.717, 1.165) is 26.1 Å². The second-order valence-electron chi connectivity index (χ2n) is 9.62. The molecule has 194 valence electrons. The molecule has 0 heterocycles. The van der Waals surface area contributed by atoms with Crippen LogP contribution in [0.3, 0.4) is 0 Å². The highest BCUT2D eigenvalue weighted by Crippen LogP contribution is 2.13. The molecule has 0 unspecified atom stereocenters. The van der Waals surface area contributed by atoms with Gasteiger partial charge in [-0.2, -0.15) is 0 Å². The lowest BCUT2D eigenvalue weighted by atomic mass is 10.1. The van der Waals surface area contributed by atoms with Crippen LogP contribution in [0, 0.1) is 0 Å². The SMILES string of the molecule is COCCCCCCCCCCCCN(CCCCO)CCCCCCCCCCOC. The van der Waals surface area contributed by atoms with E-state index in [0.29, 0.717) is 6.61 Å². The largest absolute Gasteiger partial charge is 0.396 e. The van der Waals surface area contributed by atoms with Crippen molar-refractivity contribution < 1.29 is 14.6 Å². The van der Waals surface area contributed by atoms with Gasteiger partial charge in [-0.3, -0.25) is 0 Å². The minimum absolute atomic E-state index is 0.338. The molecular formula is C28H59NO3. The van der Waals surface area contributed by atoms with Crippen LogP contribution in [0.1, 0.15) is 128 Å². The minimum Gasteiger partial charge on any atom is -0.396 e. The molecule has 1 N–H and O–H groups in total. The van der Waals surface area contributed by atoms with Gasteiger partial charge < -0.3 is 19.5 Å². The van der Waals surface area contributed by atoms with Gasteiger partial charge in [-0.15, -0.1) is 0 Å². The molecule has 0 atom stereocenters. The second-order valence-corrected chi connectivity index (χ2v) is 9.62. The molecule has 0 radical (unpaired) electrons. The van der Waals surface area contributed by atoms with Gasteiger partial charge in [0.2, 0.25) is 0 Å². The first-order valence-electron chi connectivity index (χ1n) is 14.2. The quantitative estimate of drug-likeness (QED) is 0.124. The lowest BCUT2D eigenvalue weighted by Crippen LogP contribution is -2.27. The highest BCUT2D eigenvalue weighted by atomic mass is 16.5. The van der Waals surface area contributed by atoms with Crippen molar-refractivity contribution in [2.75, 3.05) is 53.7 Å². The molecule has 0 rings (SSSR count). The van der Waals surface area contributed by atoms with Gasteiger partial charge in [-0.05, 0) is 58.2 Å². The molecule has 0 saturated heterocycles. The molecule has 0 saturated carbocycles. The van der Waals surface area contributed by atoms with Crippen LogP contribution in [0.5, 0.6) is 0 Å². The number of ether oxygens (including phenoxy) is 2. The van der Waals surface area contributed by atoms with E-state index in [4.69, 9.17) is 14.6 Å². The zero-order valence-electron chi connectivity index (χ0n) is 22.1. The van der Waals surface area contributed by atoms with Crippen LogP contribution in [-0.2, 0) is 9.47 Å². The standard InChI is InChI=1S/C28H59NO3/c1-31-27-21-15-11-7-4-3-5-9-13-17-23-29(25-19-20-26-30)24-18-14-10-6-8-12-16-22-28-32-2/h30H,3-28H2,1-2H3. The minimum atomic E-state index is 0.338. The zero-order chi connectivity index (χ0) is 23.4. The van der Waals surface area contributed by atoms with Gasteiger partial charge in [0.1, 0.15) is 0 Å². The first kappa shape index (κ1) is 31.8. The van der Waals surface area contributed by atoms with E-state index in [1.807, 2.05) is 0 Å². The predicted octanol–water partition coefficient (Wildman–Crippen LogP) is 7.38. The Labute approximate surface area is 201 Å². The van der Waals surface area contributed by atoms with Crippen LogP contribution < -0.4 is 0 Å². The molecule has 0 spiro atoms. The van der Waals surface area contributed by atoms with Gasteiger partial charge in [0.15, 0.2) is 0 Å². The number of aliphatic hydroxyl groups is 1. The van der Waals surface area contributed by atoms with Crippen LogP contribution in [0.2, 0.25) is 0 Å². The lowest BCUT2D eigenvalue weighted by molar-refractivity contribution is 0.192. The van der Waals surface area contributed by atoms with Crippen molar-refractivity contribution in [2.24, 2.45) is 0 Å². The van der Waals surface area contributed by atoms with Gasteiger partial charge in [0.05, 0.1) is 0 Å². The normalized spacial score (nSPS) is 11.6. The summed E-state index contributed by atoms with van der Waals surface area (Å²) >= 11 is 0. The van der Waals surface area contributed by atoms with E-state index in [2.05, 4.69) is 4.90 Å². The molecule has 32 heavy (non-hydrogen) atoms. The summed E-state index contributed by atoms with van der Waals surface area (Å²) < 4.78 is 10.2. The van der Waals surface area contributed by atoms with Crippen molar-refractivity contribution in [3.63, 3.8) is 0 Å². The Morgan fingerprint density at radius 3 is 1.00 bits per heavy atom. The maximum atomic E-state index is 9.10. The number of unbranched alkanes of at least 4 members (excludes halogenated alkanes) is 17. The number of methoxy groups -OCH3 is 2. The monoisotopic (exact) mass is 457 g/mol. The third-order valence-electron chi connectivity index (χ3n) is 6.53. The smallest absolute Gasteiger partial charge is 0.0462 e. The Morgan fingerprint density at radius 1 is 0.406 bits per heavy atom. The van der Waals surface area contributed by atoms with Crippen molar-refractivity contribution in [1.82, 2.24) is 4.90 Å². The molecular weight excluding hydrogens is 398 g/mol. The fourth-order valence-corrected chi connectivity index (χ4v) is 4.42. The van der Waals surface area contributed by atoms with Crippen molar-refractivity contribution >= 4 is 0 Å². The van der Waals surface area contributed by atoms with Gasteiger partial charge in [0.25, 0.3) is 0 Å². The van der Waals surface area contributed by atoms with E-state index >= 15 is 0 Å². The highest BCUT2D eigenvalue weighted by Gasteiger charge is 2.05. The van der Waals surface area contributed by atoms with Crippen LogP contribution in [0.4, 0.5) is 0 Å². The fourth-order valence-electron chi connectivity index (χ4n) is 4.42. The van der Waals surface area contributed by atoms with E-state index in [1.54, 1.807) is 14.2 Å². The summed E-state index contributed by atoms with van der Waals surface area (Å²) in [4.78, 5) is 2.67. The van der Waals surface area contributed by atoms with E-state index < -0.39 is 0 Å². The number of rotatable bonds is 28. The maximum absolute atomic E-state index is 9.10. The Hall–Kier alpha value is -0.160. The molecule has 0 aromatic carbocycles. The van der Waals surface area contributed by atoms with Crippen LogP contribution in [0.25, 0.3) is 0 Å². The topological polar surface area (TPSA) is 41.9 Å². The van der Waals surface area contributed by atoms with Gasteiger partial charge in [-0.1, -0.05) is 89.9 Å². The zero-order valence-corrected chi connectivity index (χ0v) is 22.1. The number of hydrogen-bond donors (Lipinski definition) is 1. The summed E-state index contributed by atoms with van der Waals surface area (Å²) in [5, 5.41) is 9.10. The molecule has 0 aromatic rings. The average molecular weight is 458 g/mol. The average Bonchev–Trinajstić information content (AvgIpc) is 2.80. The Kier molecular flexibility index (Phi) is 28.7. The molecule has 0 aliphatic rings. The van der Waals surface area contributed by atoms with Gasteiger partial charge in [0, 0.05) is 34.0 Å². The second kappa shape index (κ2) is 28.9. The van der Waals surface area contributed by atoms with Crippen molar-refractivity contribution in [2.45, 2.75) is 128 Å². The van der Waals surface area contributed by atoms with E-state index in [9.17, 15) is 0 Å². The molecule has 0 aromatic heterocycles. The third-order valence-corrected chi connectivity index (χ3v) is 6.53. The van der Waals surface area contributed by atoms with Crippen molar-refractivity contribution in [3.8, 4) is 0 Å². The molecule has 4 heteroatoms. The molecule has 0 amide bonds.